The van der Waals surface area contributed by atoms with E-state index in [2.05, 4.69) is 10.2 Å². The highest BCUT2D eigenvalue weighted by molar-refractivity contribution is 5.90. The summed E-state index contributed by atoms with van der Waals surface area (Å²) in [7, 11) is 0. The minimum absolute atomic E-state index is 0.0469. The smallest absolute Gasteiger partial charge is 0.408 e. The second kappa shape index (κ2) is 7.35. The lowest BCUT2D eigenvalue weighted by molar-refractivity contribution is -0.187. The molecule has 0 radical (unpaired) electrons. The maximum absolute atomic E-state index is 12.7. The molecule has 0 aromatic carbocycles. The zero-order valence-electron chi connectivity index (χ0n) is 15.2. The average Bonchev–Trinajstić information content (AvgIpc) is 3.29. The number of halogens is 3. The maximum Gasteiger partial charge on any atom is 0.471 e. The van der Waals surface area contributed by atoms with E-state index < -0.39 is 24.0 Å². The molecule has 11 heteroatoms. The molecule has 0 bridgehead atoms. The van der Waals surface area contributed by atoms with Gasteiger partial charge in [0.05, 0.1) is 0 Å². The molecule has 2 saturated heterocycles. The van der Waals surface area contributed by atoms with Gasteiger partial charge in [0.25, 0.3) is 0 Å². The first-order valence-electron chi connectivity index (χ1n) is 8.93. The molecule has 3 rings (SSSR count). The number of nitrogens with zero attached hydrogens (tertiary/aromatic N) is 5. The summed E-state index contributed by atoms with van der Waals surface area (Å²) in [4.78, 5) is 28.2. The predicted octanol–water partition coefficient (Wildman–Crippen LogP) is 1.39. The van der Waals surface area contributed by atoms with Gasteiger partial charge in [-0.3, -0.25) is 9.59 Å². The minimum atomic E-state index is -4.96. The van der Waals surface area contributed by atoms with Crippen LogP contribution in [0.25, 0.3) is 0 Å². The number of hydrogen-bond acceptors (Lipinski definition) is 6. The lowest BCUT2D eigenvalue weighted by atomic mass is 10.1. The number of carbonyl (C=O) groups excluding carboxylic acids is 2. The van der Waals surface area contributed by atoms with Crippen LogP contribution >= 0.6 is 0 Å². The van der Waals surface area contributed by atoms with Gasteiger partial charge in [-0.25, -0.2) is 0 Å². The molecule has 8 nitrogen and oxygen atoms in total. The fourth-order valence-electron chi connectivity index (χ4n) is 3.35. The molecular weight excluding hydrogens is 367 g/mol. The van der Waals surface area contributed by atoms with Crippen molar-refractivity contribution in [2.45, 2.75) is 44.8 Å². The number of amides is 2. The van der Waals surface area contributed by atoms with Crippen molar-refractivity contribution < 1.29 is 27.2 Å². The molecule has 2 amide bonds. The lowest BCUT2D eigenvalue weighted by Gasteiger charge is -2.36. The molecular formula is C16H22F3N5O3. The van der Waals surface area contributed by atoms with Gasteiger partial charge in [0, 0.05) is 38.6 Å². The summed E-state index contributed by atoms with van der Waals surface area (Å²) in [6.45, 7) is 5.34. The average molecular weight is 389 g/mol. The zero-order chi connectivity index (χ0) is 19.8. The van der Waals surface area contributed by atoms with Gasteiger partial charge in [-0.05, 0) is 12.8 Å². The highest BCUT2D eigenvalue weighted by Crippen LogP contribution is 2.27. The molecule has 2 aliphatic heterocycles. The Bertz CT molecular complexity index is 698. The lowest BCUT2D eigenvalue weighted by Crippen LogP contribution is -2.56. The van der Waals surface area contributed by atoms with Crippen molar-refractivity contribution in [3.8, 4) is 0 Å². The van der Waals surface area contributed by atoms with Crippen molar-refractivity contribution in [1.29, 1.82) is 0 Å². The van der Waals surface area contributed by atoms with Crippen LogP contribution in [0.5, 0.6) is 0 Å². The van der Waals surface area contributed by atoms with Crippen LogP contribution in [-0.2, 0) is 9.59 Å². The van der Waals surface area contributed by atoms with E-state index in [0.29, 0.717) is 49.4 Å². The van der Waals surface area contributed by atoms with Gasteiger partial charge in [-0.15, -0.1) is 5.10 Å². The Balaban J connectivity index is 1.60. The number of alkyl halides is 3. The largest absolute Gasteiger partial charge is 0.471 e. The van der Waals surface area contributed by atoms with Crippen LogP contribution in [-0.4, -0.2) is 76.8 Å². The summed E-state index contributed by atoms with van der Waals surface area (Å²) in [6.07, 6.45) is -4.33. The van der Waals surface area contributed by atoms with Crippen LogP contribution in [0.3, 0.4) is 0 Å². The van der Waals surface area contributed by atoms with Crippen LogP contribution in [0.2, 0.25) is 0 Å². The Kier molecular flexibility index (Phi) is 5.29. The molecule has 1 aromatic heterocycles. The van der Waals surface area contributed by atoms with Crippen molar-refractivity contribution in [1.82, 2.24) is 20.0 Å². The third-order valence-electron chi connectivity index (χ3n) is 4.83. The molecule has 27 heavy (non-hydrogen) atoms. The van der Waals surface area contributed by atoms with Gasteiger partial charge in [0.15, 0.2) is 0 Å². The van der Waals surface area contributed by atoms with Gasteiger partial charge in [0.1, 0.15) is 6.04 Å². The minimum Gasteiger partial charge on any atom is -0.408 e. The predicted molar refractivity (Wildman–Crippen MR) is 88.0 cm³/mol. The monoisotopic (exact) mass is 389 g/mol. The molecule has 150 valence electrons. The summed E-state index contributed by atoms with van der Waals surface area (Å²) in [6, 6.07) is -0.665. The topological polar surface area (TPSA) is 82.8 Å². The van der Waals surface area contributed by atoms with Crippen molar-refractivity contribution in [3.63, 3.8) is 0 Å². The van der Waals surface area contributed by atoms with E-state index in [1.165, 1.54) is 4.90 Å². The standard InChI is InChI=1S/C16H22F3N5O3/c1-10(2)12-20-21-15(27-12)23-8-6-22(7-9-23)13(25)11-4-3-5-24(11)14(26)16(17,18)19/h10-11H,3-9H2,1-2H3. The van der Waals surface area contributed by atoms with Crippen molar-refractivity contribution in [2.75, 3.05) is 37.6 Å². The zero-order valence-corrected chi connectivity index (χ0v) is 15.2. The third kappa shape index (κ3) is 4.01. The fourth-order valence-corrected chi connectivity index (χ4v) is 3.35. The Labute approximate surface area is 154 Å². The fraction of sp³-hybridized carbons (Fsp3) is 0.750. The molecule has 1 unspecified atom stereocenters. The highest BCUT2D eigenvalue weighted by Gasteiger charge is 2.48. The highest BCUT2D eigenvalue weighted by atomic mass is 19.4. The van der Waals surface area contributed by atoms with E-state index in [1.54, 1.807) is 0 Å². The van der Waals surface area contributed by atoms with Crippen LogP contribution in [0.15, 0.2) is 4.42 Å². The van der Waals surface area contributed by atoms with Crippen molar-refractivity contribution in [3.05, 3.63) is 5.89 Å². The molecule has 0 saturated carbocycles. The van der Waals surface area contributed by atoms with Crippen LogP contribution in [0, 0.1) is 0 Å². The SMILES string of the molecule is CC(C)c1nnc(N2CCN(C(=O)C3CCCN3C(=O)C(F)(F)F)CC2)o1. The van der Waals surface area contributed by atoms with E-state index in [4.69, 9.17) is 4.42 Å². The summed E-state index contributed by atoms with van der Waals surface area (Å²) >= 11 is 0. The quantitative estimate of drug-likeness (QED) is 0.777. The Morgan fingerprint density at radius 2 is 1.78 bits per heavy atom. The molecule has 0 N–H and O–H groups in total. The number of anilines is 1. The van der Waals surface area contributed by atoms with E-state index in [0.717, 1.165) is 0 Å². The van der Waals surface area contributed by atoms with Crippen LogP contribution < -0.4 is 4.90 Å². The first-order valence-corrected chi connectivity index (χ1v) is 8.93. The number of aromatic nitrogens is 2. The second-order valence-corrected chi connectivity index (χ2v) is 7.04. The molecule has 0 spiro atoms. The molecule has 2 aliphatic rings. The summed E-state index contributed by atoms with van der Waals surface area (Å²) in [5.74, 6) is -1.74. The molecule has 1 atom stereocenters. The number of hydrogen-bond donors (Lipinski definition) is 0. The number of likely N-dealkylation sites (tertiary alicyclic amines) is 1. The van der Waals surface area contributed by atoms with Crippen molar-refractivity contribution in [2.24, 2.45) is 0 Å². The molecule has 0 aliphatic carbocycles. The first kappa shape index (κ1) is 19.4. The second-order valence-electron chi connectivity index (χ2n) is 7.04. The van der Waals surface area contributed by atoms with Gasteiger partial charge in [0.2, 0.25) is 11.8 Å². The number of rotatable bonds is 3. The van der Waals surface area contributed by atoms with Gasteiger partial charge in [-0.1, -0.05) is 18.9 Å². The van der Waals surface area contributed by atoms with Gasteiger partial charge >= 0.3 is 18.1 Å². The van der Waals surface area contributed by atoms with Crippen molar-refractivity contribution >= 4 is 17.8 Å². The maximum atomic E-state index is 12.7. The number of carbonyl (C=O) groups is 2. The first-order chi connectivity index (χ1) is 12.7. The molecule has 3 heterocycles. The van der Waals surface area contributed by atoms with Crippen LogP contribution in [0.1, 0.15) is 38.5 Å². The Morgan fingerprint density at radius 3 is 2.33 bits per heavy atom. The van der Waals surface area contributed by atoms with Gasteiger partial charge < -0.3 is 19.1 Å². The van der Waals surface area contributed by atoms with E-state index in [-0.39, 0.29) is 18.9 Å². The molecule has 1 aromatic rings. The number of piperazine rings is 1. The summed E-state index contributed by atoms with van der Waals surface area (Å²) in [5.41, 5.74) is 0. The van der Waals surface area contributed by atoms with Gasteiger partial charge in [-0.2, -0.15) is 13.2 Å². The molecule has 2 fully saturated rings. The van der Waals surface area contributed by atoms with E-state index in [1.807, 2.05) is 18.7 Å². The van der Waals surface area contributed by atoms with Crippen LogP contribution in [0.4, 0.5) is 19.2 Å². The Hall–Kier alpha value is -2.33. The van der Waals surface area contributed by atoms with E-state index in [9.17, 15) is 22.8 Å². The normalized spacial score (nSPS) is 21.3. The van der Waals surface area contributed by atoms with E-state index >= 15 is 0 Å². The summed E-state index contributed by atoms with van der Waals surface area (Å²) in [5, 5.41) is 7.97. The third-order valence-corrected chi connectivity index (χ3v) is 4.83. The Morgan fingerprint density at radius 1 is 1.11 bits per heavy atom. The summed E-state index contributed by atoms with van der Waals surface area (Å²) < 4.78 is 43.8.